The second-order valence-electron chi connectivity index (χ2n) is 6.84. The van der Waals surface area contributed by atoms with Gasteiger partial charge in [0.1, 0.15) is 5.82 Å². The number of rotatable bonds is 3. The van der Waals surface area contributed by atoms with E-state index in [4.69, 9.17) is 16.6 Å². The summed E-state index contributed by atoms with van der Waals surface area (Å²) < 4.78 is 2.35. The number of aromatic nitrogens is 3. The van der Waals surface area contributed by atoms with E-state index >= 15 is 0 Å². The number of hydrogen-bond acceptors (Lipinski definition) is 2. The second-order valence-corrected chi connectivity index (χ2v) is 7.27. The number of hydrogen-bond donors (Lipinski definition) is 0. The fourth-order valence-electron chi connectivity index (χ4n) is 3.86. The third kappa shape index (κ3) is 3.05. The lowest BCUT2D eigenvalue weighted by Crippen LogP contribution is -2.14. The van der Waals surface area contributed by atoms with E-state index in [1.807, 2.05) is 25.1 Å². The summed E-state index contributed by atoms with van der Waals surface area (Å²) in [6.07, 6.45) is 8.94. The van der Waals surface area contributed by atoms with Crippen LogP contribution in [-0.4, -0.2) is 14.5 Å². The lowest BCUT2D eigenvalue weighted by Gasteiger charge is -2.22. The molecule has 2 heterocycles. The van der Waals surface area contributed by atoms with Gasteiger partial charge in [-0.2, -0.15) is 0 Å². The summed E-state index contributed by atoms with van der Waals surface area (Å²) in [6, 6.07) is 10.1. The average molecular weight is 340 g/mol. The molecule has 4 rings (SSSR count). The Morgan fingerprint density at radius 1 is 1.12 bits per heavy atom. The Morgan fingerprint density at radius 2 is 1.96 bits per heavy atom. The summed E-state index contributed by atoms with van der Waals surface area (Å²) in [4.78, 5) is 9.38. The molecule has 0 spiro atoms. The van der Waals surface area contributed by atoms with Crippen molar-refractivity contribution in [3.63, 3.8) is 0 Å². The molecule has 0 atom stereocenters. The molecule has 124 valence electrons. The summed E-state index contributed by atoms with van der Waals surface area (Å²) in [7, 11) is 0. The van der Waals surface area contributed by atoms with Crippen molar-refractivity contribution in [1.29, 1.82) is 0 Å². The van der Waals surface area contributed by atoms with Crippen LogP contribution in [0.3, 0.4) is 0 Å². The van der Waals surface area contributed by atoms with Crippen molar-refractivity contribution in [3.8, 4) is 11.3 Å². The maximum atomic E-state index is 6.20. The first-order chi connectivity index (χ1) is 11.7. The van der Waals surface area contributed by atoms with Crippen LogP contribution in [0.4, 0.5) is 0 Å². The van der Waals surface area contributed by atoms with Gasteiger partial charge in [-0.3, -0.25) is 0 Å². The topological polar surface area (TPSA) is 30.7 Å². The number of benzene rings is 1. The molecule has 0 bridgehead atoms. The molecule has 0 unspecified atom stereocenters. The van der Waals surface area contributed by atoms with Crippen molar-refractivity contribution in [2.75, 3.05) is 0 Å². The maximum Gasteiger partial charge on any atom is 0.126 e. The summed E-state index contributed by atoms with van der Waals surface area (Å²) in [5, 5.41) is 0.738. The molecule has 1 aliphatic rings. The van der Waals surface area contributed by atoms with Gasteiger partial charge >= 0.3 is 0 Å². The van der Waals surface area contributed by atoms with E-state index in [0.717, 1.165) is 45.6 Å². The molecule has 1 fully saturated rings. The lowest BCUT2D eigenvalue weighted by molar-refractivity contribution is 0.322. The Kier molecular flexibility index (Phi) is 4.28. The minimum Gasteiger partial charge on any atom is -0.344 e. The van der Waals surface area contributed by atoms with Crippen LogP contribution in [0.5, 0.6) is 0 Å². The van der Waals surface area contributed by atoms with E-state index in [-0.39, 0.29) is 0 Å². The molecule has 0 saturated heterocycles. The standard InChI is InChI=1S/C20H22ClN3/c1-14-22-18-10-11-24(13-15-6-3-2-4-7-15)20(18)19(23-14)16-8-5-9-17(21)12-16/h5,8-12,15H,2-4,6-7,13H2,1H3. The van der Waals surface area contributed by atoms with Crippen LogP contribution in [-0.2, 0) is 6.54 Å². The molecule has 0 amide bonds. The van der Waals surface area contributed by atoms with Gasteiger partial charge in [0.05, 0.1) is 16.7 Å². The quantitative estimate of drug-likeness (QED) is 0.618. The molecule has 3 aromatic rings. The molecule has 2 aromatic heterocycles. The minimum absolute atomic E-state index is 0.738. The van der Waals surface area contributed by atoms with E-state index in [0.29, 0.717) is 0 Å². The normalized spacial score (nSPS) is 15.9. The highest BCUT2D eigenvalue weighted by atomic mass is 35.5. The Hall–Kier alpha value is -1.87. The molecule has 0 radical (unpaired) electrons. The zero-order valence-corrected chi connectivity index (χ0v) is 14.8. The Bertz CT molecular complexity index is 862. The van der Waals surface area contributed by atoms with Gasteiger partial charge in [-0.25, -0.2) is 9.97 Å². The number of halogens is 1. The van der Waals surface area contributed by atoms with Gasteiger partial charge in [0.2, 0.25) is 0 Å². The highest BCUT2D eigenvalue weighted by Crippen LogP contribution is 2.31. The van der Waals surface area contributed by atoms with Crippen LogP contribution >= 0.6 is 11.6 Å². The molecule has 0 N–H and O–H groups in total. The molecule has 4 heteroatoms. The molecule has 1 aliphatic carbocycles. The van der Waals surface area contributed by atoms with Crippen LogP contribution in [0, 0.1) is 12.8 Å². The molecule has 3 nitrogen and oxygen atoms in total. The van der Waals surface area contributed by atoms with Crippen molar-refractivity contribution in [1.82, 2.24) is 14.5 Å². The first-order valence-electron chi connectivity index (χ1n) is 8.80. The monoisotopic (exact) mass is 339 g/mol. The summed E-state index contributed by atoms with van der Waals surface area (Å²) in [5.41, 5.74) is 4.20. The van der Waals surface area contributed by atoms with Gasteiger partial charge in [0.15, 0.2) is 0 Å². The van der Waals surface area contributed by atoms with Crippen molar-refractivity contribution in [3.05, 3.63) is 47.4 Å². The smallest absolute Gasteiger partial charge is 0.126 e. The van der Waals surface area contributed by atoms with E-state index in [9.17, 15) is 0 Å². The molecule has 1 aromatic carbocycles. The van der Waals surface area contributed by atoms with Crippen molar-refractivity contribution in [2.24, 2.45) is 5.92 Å². The van der Waals surface area contributed by atoms with Crippen LogP contribution in [0.15, 0.2) is 36.5 Å². The van der Waals surface area contributed by atoms with Gasteiger partial charge in [-0.1, -0.05) is 43.0 Å². The van der Waals surface area contributed by atoms with E-state index in [1.165, 1.54) is 32.1 Å². The van der Waals surface area contributed by atoms with Gasteiger partial charge < -0.3 is 4.57 Å². The highest BCUT2D eigenvalue weighted by molar-refractivity contribution is 6.30. The van der Waals surface area contributed by atoms with Gasteiger partial charge in [-0.15, -0.1) is 0 Å². The zero-order chi connectivity index (χ0) is 16.5. The maximum absolute atomic E-state index is 6.20. The fraction of sp³-hybridized carbons (Fsp3) is 0.400. The van der Waals surface area contributed by atoms with Crippen molar-refractivity contribution in [2.45, 2.75) is 45.6 Å². The molecular formula is C20H22ClN3. The Balaban J connectivity index is 1.81. The summed E-state index contributed by atoms with van der Waals surface area (Å²) in [6.45, 7) is 3.01. The minimum atomic E-state index is 0.738. The third-order valence-electron chi connectivity index (χ3n) is 5.00. The number of nitrogens with zero attached hydrogens (tertiary/aromatic N) is 3. The first-order valence-corrected chi connectivity index (χ1v) is 9.18. The van der Waals surface area contributed by atoms with Crippen LogP contribution in [0.2, 0.25) is 5.02 Å². The van der Waals surface area contributed by atoms with Gasteiger partial charge in [0.25, 0.3) is 0 Å². The Morgan fingerprint density at radius 3 is 2.75 bits per heavy atom. The van der Waals surface area contributed by atoms with Crippen LogP contribution in [0.1, 0.15) is 37.9 Å². The van der Waals surface area contributed by atoms with E-state index < -0.39 is 0 Å². The summed E-state index contributed by atoms with van der Waals surface area (Å²) >= 11 is 6.20. The Labute approximate surface area is 147 Å². The lowest BCUT2D eigenvalue weighted by atomic mass is 9.89. The largest absolute Gasteiger partial charge is 0.344 e. The SMILES string of the molecule is Cc1nc(-c2cccc(Cl)c2)c2c(ccn2CC2CCCCC2)n1. The highest BCUT2D eigenvalue weighted by Gasteiger charge is 2.18. The van der Waals surface area contributed by atoms with Crippen molar-refractivity contribution < 1.29 is 0 Å². The molecule has 1 saturated carbocycles. The third-order valence-corrected chi connectivity index (χ3v) is 5.24. The predicted molar refractivity (Wildman–Crippen MR) is 99.3 cm³/mol. The van der Waals surface area contributed by atoms with E-state index in [2.05, 4.69) is 27.9 Å². The molecule has 0 aliphatic heterocycles. The number of aryl methyl sites for hydroxylation is 1. The summed E-state index contributed by atoms with van der Waals surface area (Å²) in [5.74, 6) is 1.57. The second kappa shape index (κ2) is 6.56. The fourth-order valence-corrected chi connectivity index (χ4v) is 4.05. The number of fused-ring (bicyclic) bond motifs is 1. The van der Waals surface area contributed by atoms with Crippen LogP contribution in [0.25, 0.3) is 22.3 Å². The van der Waals surface area contributed by atoms with Crippen molar-refractivity contribution >= 4 is 22.6 Å². The molecule has 24 heavy (non-hydrogen) atoms. The van der Waals surface area contributed by atoms with Gasteiger partial charge in [-0.05, 0) is 43.9 Å². The first kappa shape index (κ1) is 15.6. The zero-order valence-electron chi connectivity index (χ0n) is 14.0. The van der Waals surface area contributed by atoms with Crippen LogP contribution < -0.4 is 0 Å². The van der Waals surface area contributed by atoms with E-state index in [1.54, 1.807) is 0 Å². The average Bonchev–Trinajstić information content (AvgIpc) is 2.97. The van der Waals surface area contributed by atoms with Gasteiger partial charge in [0, 0.05) is 23.3 Å². The predicted octanol–water partition coefficient (Wildman–Crippen LogP) is 5.64. The molecular weight excluding hydrogens is 318 g/mol.